The highest BCUT2D eigenvalue weighted by atomic mass is 35.5. The van der Waals surface area contributed by atoms with Crippen molar-refractivity contribution < 1.29 is 23.8 Å². The Morgan fingerprint density at radius 1 is 1.17 bits per heavy atom. The number of nitrogens with one attached hydrogen (secondary N) is 2. The van der Waals surface area contributed by atoms with E-state index in [9.17, 15) is 9.59 Å². The van der Waals surface area contributed by atoms with Gasteiger partial charge in [0.2, 0.25) is 5.91 Å². The lowest BCUT2D eigenvalue weighted by Gasteiger charge is -2.38. The van der Waals surface area contributed by atoms with Gasteiger partial charge in [-0.05, 0) is 38.7 Å². The van der Waals surface area contributed by atoms with Crippen molar-refractivity contribution in [3.63, 3.8) is 0 Å². The van der Waals surface area contributed by atoms with Gasteiger partial charge in [-0.3, -0.25) is 14.5 Å². The van der Waals surface area contributed by atoms with Gasteiger partial charge in [-0.2, -0.15) is 0 Å². The van der Waals surface area contributed by atoms with Gasteiger partial charge in [-0.25, -0.2) is 0 Å². The van der Waals surface area contributed by atoms with Crippen molar-refractivity contribution in [3.8, 4) is 5.75 Å². The fraction of sp³-hybridized carbons (Fsp3) is 0.680. The second kappa shape index (κ2) is 13.9. The molecule has 0 aliphatic carbocycles. The molecular weight excluding hydrogens is 472 g/mol. The number of ether oxygens (including phenoxy) is 3. The average Bonchev–Trinajstić information content (AvgIpc) is 2.87. The van der Waals surface area contributed by atoms with E-state index in [4.69, 9.17) is 25.8 Å². The van der Waals surface area contributed by atoms with Gasteiger partial charge in [0, 0.05) is 59.0 Å². The zero-order chi connectivity index (χ0) is 25.2. The van der Waals surface area contributed by atoms with Gasteiger partial charge in [-0.1, -0.05) is 11.6 Å². The smallest absolute Gasteiger partial charge is 0.255 e. The molecule has 0 spiro atoms. The topological polar surface area (TPSA) is 92.4 Å². The fourth-order valence-corrected chi connectivity index (χ4v) is 4.84. The van der Waals surface area contributed by atoms with Gasteiger partial charge in [0.1, 0.15) is 12.4 Å². The summed E-state index contributed by atoms with van der Waals surface area (Å²) in [6, 6.07) is 3.38. The number of hydrogen-bond donors (Lipinski definition) is 2. The van der Waals surface area contributed by atoms with E-state index in [0.29, 0.717) is 54.3 Å². The zero-order valence-electron chi connectivity index (χ0n) is 21.1. The lowest BCUT2D eigenvalue weighted by atomic mass is 9.95. The van der Waals surface area contributed by atoms with Crippen LogP contribution >= 0.6 is 11.6 Å². The van der Waals surface area contributed by atoms with Crippen molar-refractivity contribution in [1.29, 1.82) is 0 Å². The van der Waals surface area contributed by atoms with Gasteiger partial charge in [-0.15, -0.1) is 0 Å². The molecule has 2 aliphatic heterocycles. The standard InChI is InChI=1S/C25H39ClN4O5/c1-4-33-17-24(31)30-8-6-18(7-9-30)15-29-10-11-35-19(16-29)14-28-25(32)20-12-21(26)22(27-3)13-23(20)34-5-2/h12-13,18-19,27H,4-11,14-17H2,1-3H3,(H,28,32). The molecule has 3 rings (SSSR count). The monoisotopic (exact) mass is 510 g/mol. The predicted octanol–water partition coefficient (Wildman–Crippen LogP) is 2.49. The van der Waals surface area contributed by atoms with Gasteiger partial charge in [0.15, 0.2) is 0 Å². The Hall–Kier alpha value is -2.07. The summed E-state index contributed by atoms with van der Waals surface area (Å²) in [6.45, 7) is 10.2. The minimum atomic E-state index is -0.234. The fourth-order valence-electron chi connectivity index (χ4n) is 4.58. The molecule has 1 aromatic carbocycles. The number of anilines is 1. The summed E-state index contributed by atoms with van der Waals surface area (Å²) in [5.41, 5.74) is 1.12. The number of carbonyl (C=O) groups is 2. The highest BCUT2D eigenvalue weighted by molar-refractivity contribution is 6.33. The maximum atomic E-state index is 12.9. The van der Waals surface area contributed by atoms with Crippen LogP contribution in [0.15, 0.2) is 12.1 Å². The van der Waals surface area contributed by atoms with E-state index >= 15 is 0 Å². The number of morpholine rings is 1. The molecule has 2 saturated heterocycles. The lowest BCUT2D eigenvalue weighted by Crippen LogP contribution is -2.50. The summed E-state index contributed by atoms with van der Waals surface area (Å²) in [7, 11) is 1.77. The van der Waals surface area contributed by atoms with E-state index in [2.05, 4.69) is 15.5 Å². The molecule has 9 nitrogen and oxygen atoms in total. The Balaban J connectivity index is 1.46. The minimum absolute atomic E-state index is 0.0804. The summed E-state index contributed by atoms with van der Waals surface area (Å²) in [5, 5.41) is 6.45. The molecule has 0 radical (unpaired) electrons. The Morgan fingerprint density at radius 3 is 2.63 bits per heavy atom. The minimum Gasteiger partial charge on any atom is -0.493 e. The average molecular weight is 511 g/mol. The van der Waals surface area contributed by atoms with E-state index in [1.807, 2.05) is 18.7 Å². The van der Waals surface area contributed by atoms with Crippen molar-refractivity contribution >= 4 is 29.1 Å². The first-order valence-corrected chi connectivity index (χ1v) is 12.9. The number of halogens is 1. The van der Waals surface area contributed by atoms with Crippen LogP contribution in [0.4, 0.5) is 5.69 Å². The second-order valence-electron chi connectivity index (χ2n) is 8.93. The molecule has 1 unspecified atom stereocenters. The molecule has 1 aromatic rings. The van der Waals surface area contributed by atoms with Crippen molar-refractivity contribution in [3.05, 3.63) is 22.7 Å². The number of nitrogens with zero attached hydrogens (tertiary/aromatic N) is 2. The molecule has 2 amide bonds. The number of benzene rings is 1. The number of hydrogen-bond acceptors (Lipinski definition) is 7. The summed E-state index contributed by atoms with van der Waals surface area (Å²) < 4.78 is 16.8. The van der Waals surface area contributed by atoms with E-state index in [1.165, 1.54) is 0 Å². The van der Waals surface area contributed by atoms with E-state index in [1.54, 1.807) is 19.2 Å². The van der Waals surface area contributed by atoms with Crippen LogP contribution in [-0.4, -0.2) is 100 Å². The first kappa shape index (κ1) is 27.5. The number of carbonyl (C=O) groups excluding carboxylic acids is 2. The summed E-state index contributed by atoms with van der Waals surface area (Å²) in [6.07, 6.45) is 1.92. The van der Waals surface area contributed by atoms with Crippen LogP contribution in [0.1, 0.15) is 37.0 Å². The Bertz CT molecular complexity index is 847. The first-order valence-electron chi connectivity index (χ1n) is 12.6. The molecule has 0 aromatic heterocycles. The molecule has 196 valence electrons. The lowest BCUT2D eigenvalue weighted by molar-refractivity contribution is -0.137. The van der Waals surface area contributed by atoms with Crippen LogP contribution < -0.4 is 15.4 Å². The first-order chi connectivity index (χ1) is 16.9. The van der Waals surface area contributed by atoms with Crippen molar-refractivity contribution in [2.45, 2.75) is 32.8 Å². The molecule has 0 bridgehead atoms. The van der Waals surface area contributed by atoms with Crippen LogP contribution in [0.5, 0.6) is 5.75 Å². The van der Waals surface area contributed by atoms with Crippen molar-refractivity contribution in [1.82, 2.24) is 15.1 Å². The molecule has 2 N–H and O–H groups in total. The quantitative estimate of drug-likeness (QED) is 0.472. The summed E-state index contributed by atoms with van der Waals surface area (Å²) in [4.78, 5) is 29.4. The number of likely N-dealkylation sites (tertiary alicyclic amines) is 1. The van der Waals surface area contributed by atoms with Gasteiger partial charge in [0.05, 0.1) is 35.6 Å². The molecule has 10 heteroatoms. The van der Waals surface area contributed by atoms with Crippen LogP contribution in [0.3, 0.4) is 0 Å². The Morgan fingerprint density at radius 2 is 1.94 bits per heavy atom. The van der Waals surface area contributed by atoms with E-state index in [-0.39, 0.29) is 24.5 Å². The largest absolute Gasteiger partial charge is 0.493 e. The molecule has 1 atom stereocenters. The summed E-state index contributed by atoms with van der Waals surface area (Å²) >= 11 is 6.30. The third-order valence-corrected chi connectivity index (χ3v) is 6.82. The van der Waals surface area contributed by atoms with Gasteiger partial charge in [0.25, 0.3) is 5.91 Å². The number of amides is 2. The highest BCUT2D eigenvalue weighted by Crippen LogP contribution is 2.31. The van der Waals surface area contributed by atoms with Gasteiger partial charge >= 0.3 is 0 Å². The van der Waals surface area contributed by atoms with E-state index in [0.717, 1.165) is 45.6 Å². The van der Waals surface area contributed by atoms with Crippen LogP contribution in [0, 0.1) is 5.92 Å². The Labute approximate surface area is 213 Å². The van der Waals surface area contributed by atoms with Crippen LogP contribution in [0.2, 0.25) is 5.02 Å². The molecule has 2 heterocycles. The summed E-state index contributed by atoms with van der Waals surface area (Å²) in [5.74, 6) is 0.904. The van der Waals surface area contributed by atoms with E-state index < -0.39 is 0 Å². The maximum Gasteiger partial charge on any atom is 0.255 e. The SMILES string of the molecule is CCOCC(=O)N1CCC(CN2CCOC(CNC(=O)c3cc(Cl)c(NC)cc3OCC)C2)CC1. The van der Waals surface area contributed by atoms with Crippen LogP contribution in [0.25, 0.3) is 0 Å². The number of piperidine rings is 1. The molecular formula is C25H39ClN4O5. The highest BCUT2D eigenvalue weighted by Gasteiger charge is 2.27. The maximum absolute atomic E-state index is 12.9. The molecule has 0 saturated carbocycles. The second-order valence-corrected chi connectivity index (χ2v) is 9.34. The van der Waals surface area contributed by atoms with Crippen molar-refractivity contribution in [2.75, 3.05) is 78.1 Å². The molecule has 35 heavy (non-hydrogen) atoms. The normalized spacial score (nSPS) is 19.4. The third kappa shape index (κ3) is 7.96. The number of rotatable bonds is 11. The van der Waals surface area contributed by atoms with Gasteiger partial charge < -0.3 is 29.7 Å². The molecule has 2 aliphatic rings. The Kier molecular flexibility index (Phi) is 10.9. The predicted molar refractivity (Wildman–Crippen MR) is 136 cm³/mol. The molecule has 2 fully saturated rings. The van der Waals surface area contributed by atoms with Crippen molar-refractivity contribution in [2.24, 2.45) is 5.92 Å². The third-order valence-electron chi connectivity index (χ3n) is 6.51. The van der Waals surface area contributed by atoms with Crippen LogP contribution in [-0.2, 0) is 14.3 Å². The zero-order valence-corrected chi connectivity index (χ0v) is 21.9.